The van der Waals surface area contributed by atoms with Crippen LogP contribution in [0.4, 0.5) is 0 Å². The summed E-state index contributed by atoms with van der Waals surface area (Å²) in [6.07, 6.45) is 1.54. The number of nitrogens with one attached hydrogen (secondary N) is 1. The number of rotatable bonds is 10. The molecule has 9 heteroatoms. The molecule has 0 radical (unpaired) electrons. The Morgan fingerprint density at radius 3 is 2.33 bits per heavy atom. The highest BCUT2D eigenvalue weighted by Crippen LogP contribution is 2.47. The molecule has 2 amide bonds. The maximum atomic E-state index is 13.3. The summed E-state index contributed by atoms with van der Waals surface area (Å²) in [6.45, 7) is 0.241. The van der Waals surface area contributed by atoms with Crippen molar-refractivity contribution in [3.05, 3.63) is 71.8 Å². The van der Waals surface area contributed by atoms with Crippen LogP contribution in [-0.4, -0.2) is 57.2 Å². The van der Waals surface area contributed by atoms with Crippen LogP contribution in [0.3, 0.4) is 0 Å². The number of amides is 2. The molecule has 2 aromatic rings. The highest BCUT2D eigenvalue weighted by molar-refractivity contribution is 7.59. The summed E-state index contributed by atoms with van der Waals surface area (Å²) < 4.78 is 13.3. The summed E-state index contributed by atoms with van der Waals surface area (Å²) in [6, 6.07) is 17.0. The molecule has 3 atom stereocenters. The summed E-state index contributed by atoms with van der Waals surface area (Å²) in [5.41, 5.74) is 1.42. The topological polar surface area (TPSA) is 124 Å². The van der Waals surface area contributed by atoms with E-state index >= 15 is 0 Å². The van der Waals surface area contributed by atoms with Crippen molar-refractivity contribution in [1.29, 1.82) is 0 Å². The average Bonchev–Trinajstić information content (AvgIpc) is 3.30. The van der Waals surface area contributed by atoms with Gasteiger partial charge in [-0.3, -0.25) is 14.2 Å². The minimum Gasteiger partial charge on any atom is -0.480 e. The van der Waals surface area contributed by atoms with Crippen molar-refractivity contribution in [3.8, 4) is 0 Å². The number of carboxylic acid groups (broad SMARTS) is 1. The molecule has 0 aliphatic carbocycles. The van der Waals surface area contributed by atoms with Crippen molar-refractivity contribution < 1.29 is 28.9 Å². The van der Waals surface area contributed by atoms with E-state index in [1.807, 2.05) is 30.3 Å². The van der Waals surface area contributed by atoms with E-state index in [4.69, 9.17) is 0 Å². The fourth-order valence-electron chi connectivity index (χ4n) is 4.06. The second-order valence-electron chi connectivity index (χ2n) is 8.23. The quantitative estimate of drug-likeness (QED) is 0.457. The van der Waals surface area contributed by atoms with Gasteiger partial charge in [0.2, 0.25) is 13.3 Å². The molecular weight excluding hydrogens is 443 g/mol. The first-order valence-corrected chi connectivity index (χ1v) is 12.9. The molecule has 33 heavy (non-hydrogen) atoms. The third kappa shape index (κ3) is 6.76. The zero-order valence-corrected chi connectivity index (χ0v) is 19.2. The van der Waals surface area contributed by atoms with Gasteiger partial charge in [0.05, 0.1) is 0 Å². The smallest absolute Gasteiger partial charge is 0.326 e. The first kappa shape index (κ1) is 24.7. The van der Waals surface area contributed by atoms with E-state index in [0.29, 0.717) is 31.2 Å². The van der Waals surface area contributed by atoms with Crippen LogP contribution < -0.4 is 5.32 Å². The number of aryl methyl sites for hydroxylation is 1. The molecule has 0 saturated carbocycles. The van der Waals surface area contributed by atoms with E-state index in [1.54, 1.807) is 30.3 Å². The van der Waals surface area contributed by atoms with E-state index in [2.05, 4.69) is 5.32 Å². The molecule has 1 aliphatic rings. The lowest BCUT2D eigenvalue weighted by atomic mass is 10.1. The molecule has 2 unspecified atom stereocenters. The Balaban J connectivity index is 1.72. The minimum atomic E-state index is -4.18. The van der Waals surface area contributed by atoms with Crippen molar-refractivity contribution >= 4 is 25.2 Å². The summed E-state index contributed by atoms with van der Waals surface area (Å²) in [7, 11) is -4.18. The van der Waals surface area contributed by atoms with Gasteiger partial charge in [0, 0.05) is 12.1 Å². The van der Waals surface area contributed by atoms with Crippen molar-refractivity contribution in [2.45, 2.75) is 43.9 Å². The molecule has 2 aromatic carbocycles. The van der Waals surface area contributed by atoms with Crippen LogP contribution in [-0.2, 0) is 20.6 Å². The zero-order chi connectivity index (χ0) is 23.8. The summed E-state index contributed by atoms with van der Waals surface area (Å²) in [4.78, 5) is 48.9. The first-order valence-electron chi connectivity index (χ1n) is 11.0. The Labute approximate surface area is 193 Å². The van der Waals surface area contributed by atoms with E-state index in [1.165, 1.54) is 0 Å². The fraction of sp³-hybridized carbons (Fsp3) is 0.375. The third-order valence-electron chi connectivity index (χ3n) is 5.83. The highest BCUT2D eigenvalue weighted by Gasteiger charge is 2.40. The van der Waals surface area contributed by atoms with Gasteiger partial charge in [-0.15, -0.1) is 0 Å². The summed E-state index contributed by atoms with van der Waals surface area (Å²) in [5, 5.41) is 12.0. The second-order valence-corrected chi connectivity index (χ2v) is 10.7. The van der Waals surface area contributed by atoms with Gasteiger partial charge in [-0.25, -0.2) is 4.79 Å². The van der Waals surface area contributed by atoms with Crippen molar-refractivity contribution in [2.24, 2.45) is 0 Å². The lowest BCUT2D eigenvalue weighted by molar-refractivity contribution is -0.147. The van der Waals surface area contributed by atoms with Crippen LogP contribution in [0.5, 0.6) is 0 Å². The third-order valence-corrected chi connectivity index (χ3v) is 7.91. The van der Waals surface area contributed by atoms with E-state index in [9.17, 15) is 28.9 Å². The number of hydrogen-bond acceptors (Lipinski definition) is 4. The van der Waals surface area contributed by atoms with Gasteiger partial charge < -0.3 is 20.2 Å². The van der Waals surface area contributed by atoms with Crippen molar-refractivity contribution in [1.82, 2.24) is 10.2 Å². The first-order chi connectivity index (χ1) is 15.8. The maximum Gasteiger partial charge on any atom is 0.326 e. The van der Waals surface area contributed by atoms with Gasteiger partial charge in [-0.05, 0) is 49.8 Å². The number of carboxylic acids is 1. The number of carbonyl (C=O) groups is 3. The standard InChI is InChI=1S/C24H29N2O6P/c27-22(26-16-8-14-20(26)24(29)30)17-33(31,32)21(15-7-11-18-9-3-1-4-10-18)25-23(28)19-12-5-2-6-13-19/h1-6,9-10,12-13,20-21H,7-8,11,14-17H2,(H,25,28)(H,29,30)(H,31,32)/t20-,21?/m0/s1. The SMILES string of the molecule is O=C(NC(CCCc1ccccc1)P(=O)(O)CC(=O)N1CCC[C@H]1C(=O)O)c1ccccc1. The number of benzene rings is 2. The molecule has 1 saturated heterocycles. The van der Waals surface area contributed by atoms with Gasteiger partial charge >= 0.3 is 5.97 Å². The van der Waals surface area contributed by atoms with Crippen LogP contribution in [0, 0.1) is 0 Å². The highest BCUT2D eigenvalue weighted by atomic mass is 31.2. The predicted octanol–water partition coefficient (Wildman–Crippen LogP) is 3.11. The average molecular weight is 472 g/mol. The molecule has 3 N–H and O–H groups in total. The lowest BCUT2D eigenvalue weighted by Crippen LogP contribution is -2.43. The molecule has 1 fully saturated rings. The summed E-state index contributed by atoms with van der Waals surface area (Å²) in [5.74, 6) is -3.41. The molecule has 0 aromatic heterocycles. The van der Waals surface area contributed by atoms with Gasteiger partial charge in [0.25, 0.3) is 5.91 Å². The molecular formula is C24H29N2O6P. The maximum absolute atomic E-state index is 13.3. The van der Waals surface area contributed by atoms with E-state index in [-0.39, 0.29) is 13.0 Å². The Morgan fingerprint density at radius 2 is 1.70 bits per heavy atom. The van der Waals surface area contributed by atoms with Crippen LogP contribution >= 0.6 is 7.37 Å². The van der Waals surface area contributed by atoms with Gasteiger partial charge in [0.1, 0.15) is 18.0 Å². The number of nitrogens with zero attached hydrogens (tertiary/aromatic N) is 1. The molecule has 0 bridgehead atoms. The monoisotopic (exact) mass is 472 g/mol. The minimum absolute atomic E-state index is 0.205. The Hall–Kier alpha value is -2.96. The normalized spacial score (nSPS) is 18.3. The second kappa shape index (κ2) is 11.3. The van der Waals surface area contributed by atoms with Crippen LogP contribution in [0.2, 0.25) is 0 Å². The number of aliphatic carboxylic acids is 1. The number of likely N-dealkylation sites (tertiary alicyclic amines) is 1. The largest absolute Gasteiger partial charge is 0.480 e. The van der Waals surface area contributed by atoms with Crippen LogP contribution in [0.1, 0.15) is 41.6 Å². The lowest BCUT2D eigenvalue weighted by Gasteiger charge is -2.27. The number of hydrogen-bond donors (Lipinski definition) is 3. The molecule has 3 rings (SSSR count). The fourth-order valence-corrected chi connectivity index (χ4v) is 5.75. The van der Waals surface area contributed by atoms with Crippen LogP contribution in [0.15, 0.2) is 60.7 Å². The molecule has 0 spiro atoms. The van der Waals surface area contributed by atoms with E-state index in [0.717, 1.165) is 10.5 Å². The molecule has 176 valence electrons. The number of carbonyl (C=O) groups excluding carboxylic acids is 2. The summed E-state index contributed by atoms with van der Waals surface area (Å²) >= 11 is 0. The van der Waals surface area contributed by atoms with Gasteiger partial charge in [-0.1, -0.05) is 48.5 Å². The van der Waals surface area contributed by atoms with Crippen molar-refractivity contribution in [3.63, 3.8) is 0 Å². The van der Waals surface area contributed by atoms with Crippen molar-refractivity contribution in [2.75, 3.05) is 12.7 Å². The Kier molecular flexibility index (Phi) is 8.42. The molecule has 1 heterocycles. The van der Waals surface area contributed by atoms with E-state index < -0.39 is 43.1 Å². The Bertz CT molecular complexity index is 1010. The Morgan fingerprint density at radius 1 is 1.06 bits per heavy atom. The van der Waals surface area contributed by atoms with Gasteiger partial charge in [-0.2, -0.15) is 0 Å². The molecule has 1 aliphatic heterocycles. The van der Waals surface area contributed by atoms with Gasteiger partial charge in [0.15, 0.2) is 0 Å². The van der Waals surface area contributed by atoms with Crippen LogP contribution in [0.25, 0.3) is 0 Å². The predicted molar refractivity (Wildman–Crippen MR) is 124 cm³/mol. The zero-order valence-electron chi connectivity index (χ0n) is 18.3. The molecule has 8 nitrogen and oxygen atoms in total.